The zero-order valence-electron chi connectivity index (χ0n) is 43.7. The Labute approximate surface area is 409 Å². The zero-order valence-corrected chi connectivity index (χ0v) is 43.7. The van der Waals surface area contributed by atoms with Gasteiger partial charge in [-0.25, -0.2) is 0 Å². The van der Waals surface area contributed by atoms with Crippen molar-refractivity contribution in [3.05, 3.63) is 60.8 Å². The standard InChI is InChI=1S/C60H106O6/c1-4-7-10-13-16-19-22-24-26-28-29-30-31-33-34-36-38-41-44-47-50-53-59(62)65-56-57(55-64-58(61)52-49-46-43-40-21-18-15-12-9-6-3)66-60(63)54-51-48-45-42-39-37-35-32-27-25-23-20-17-14-11-8-5-2/h8,11-12,15,17,20,25,27,35,37,57H,4-7,9-10,13-14,16,18-19,21-24,26,28-34,36,38-56H2,1-3H3/b11-8-,15-12-,20-17-,27-25-,37-35-. The summed E-state index contributed by atoms with van der Waals surface area (Å²) < 4.78 is 16.8. The maximum Gasteiger partial charge on any atom is 0.306 e. The van der Waals surface area contributed by atoms with Crippen molar-refractivity contribution >= 4 is 17.9 Å². The summed E-state index contributed by atoms with van der Waals surface area (Å²) in [4.78, 5) is 38.0. The molecule has 0 aliphatic rings. The van der Waals surface area contributed by atoms with Gasteiger partial charge in [0.2, 0.25) is 0 Å². The third kappa shape index (κ3) is 52.1. The summed E-state index contributed by atoms with van der Waals surface area (Å²) in [6.45, 7) is 6.46. The maximum atomic E-state index is 12.8. The van der Waals surface area contributed by atoms with Gasteiger partial charge in [0, 0.05) is 19.3 Å². The molecular weight excluding hydrogens is 817 g/mol. The Kier molecular flexibility index (Phi) is 52.3. The molecular formula is C60H106O6. The fourth-order valence-electron chi connectivity index (χ4n) is 8.03. The Morgan fingerprint density at radius 3 is 1.00 bits per heavy atom. The zero-order chi connectivity index (χ0) is 47.9. The lowest BCUT2D eigenvalue weighted by Gasteiger charge is -2.18. The predicted molar refractivity (Wildman–Crippen MR) is 284 cm³/mol. The van der Waals surface area contributed by atoms with Crippen molar-refractivity contribution in [1.82, 2.24) is 0 Å². The number of unbranched alkanes of at least 4 members (excludes halogenated alkanes) is 30. The molecule has 0 radical (unpaired) electrons. The molecule has 382 valence electrons. The molecule has 0 saturated carbocycles. The number of hydrogen-bond acceptors (Lipinski definition) is 6. The largest absolute Gasteiger partial charge is 0.462 e. The summed E-state index contributed by atoms with van der Waals surface area (Å²) in [5, 5.41) is 0. The van der Waals surface area contributed by atoms with E-state index < -0.39 is 6.10 Å². The molecule has 0 aromatic carbocycles. The van der Waals surface area contributed by atoms with Crippen LogP contribution in [0.1, 0.15) is 284 Å². The lowest BCUT2D eigenvalue weighted by atomic mass is 10.0. The van der Waals surface area contributed by atoms with Crippen molar-refractivity contribution < 1.29 is 28.6 Å². The monoisotopic (exact) mass is 923 g/mol. The Hall–Kier alpha value is -2.89. The maximum absolute atomic E-state index is 12.8. The highest BCUT2D eigenvalue weighted by Crippen LogP contribution is 2.16. The molecule has 6 nitrogen and oxygen atoms in total. The van der Waals surface area contributed by atoms with Gasteiger partial charge in [0.05, 0.1) is 0 Å². The van der Waals surface area contributed by atoms with Crippen LogP contribution in [-0.4, -0.2) is 37.2 Å². The SMILES string of the molecule is CC/C=C\C/C=C\C/C=C\C/C=C\CCCCCCC(=O)OC(COC(=O)CCCCCCC/C=C\CCC)COC(=O)CCCCCCCCCCCCCCCCCCCCCCC. The lowest BCUT2D eigenvalue weighted by molar-refractivity contribution is -0.167. The first-order valence-electron chi connectivity index (χ1n) is 28.3. The van der Waals surface area contributed by atoms with E-state index in [2.05, 4.69) is 81.5 Å². The first-order valence-corrected chi connectivity index (χ1v) is 28.3. The fourth-order valence-corrected chi connectivity index (χ4v) is 8.03. The smallest absolute Gasteiger partial charge is 0.306 e. The number of carbonyl (C=O) groups excluding carboxylic acids is 3. The normalized spacial score (nSPS) is 12.5. The van der Waals surface area contributed by atoms with Crippen LogP contribution in [-0.2, 0) is 28.6 Å². The van der Waals surface area contributed by atoms with Crippen LogP contribution in [0, 0.1) is 0 Å². The first-order chi connectivity index (χ1) is 32.5. The van der Waals surface area contributed by atoms with E-state index >= 15 is 0 Å². The summed E-state index contributed by atoms with van der Waals surface area (Å²) in [6, 6.07) is 0. The molecule has 0 fully saturated rings. The number of ether oxygens (including phenoxy) is 3. The van der Waals surface area contributed by atoms with Gasteiger partial charge in [-0.05, 0) is 77.0 Å². The highest BCUT2D eigenvalue weighted by atomic mass is 16.6. The van der Waals surface area contributed by atoms with Crippen molar-refractivity contribution in [3.63, 3.8) is 0 Å². The molecule has 0 N–H and O–H groups in total. The number of esters is 3. The van der Waals surface area contributed by atoms with E-state index in [1.807, 2.05) is 0 Å². The van der Waals surface area contributed by atoms with Gasteiger partial charge in [-0.2, -0.15) is 0 Å². The van der Waals surface area contributed by atoms with Crippen LogP contribution in [0.15, 0.2) is 60.8 Å². The van der Waals surface area contributed by atoms with Gasteiger partial charge in [-0.3, -0.25) is 14.4 Å². The van der Waals surface area contributed by atoms with E-state index in [0.29, 0.717) is 19.3 Å². The van der Waals surface area contributed by atoms with Crippen LogP contribution in [0.5, 0.6) is 0 Å². The van der Waals surface area contributed by atoms with Crippen LogP contribution in [0.25, 0.3) is 0 Å². The summed E-state index contributed by atoms with van der Waals surface area (Å²) in [5.74, 6) is -0.910. The molecule has 0 aromatic rings. The highest BCUT2D eigenvalue weighted by Gasteiger charge is 2.19. The molecule has 1 unspecified atom stereocenters. The fraction of sp³-hybridized carbons (Fsp3) is 0.783. The van der Waals surface area contributed by atoms with Crippen molar-refractivity contribution in [2.75, 3.05) is 13.2 Å². The Bertz CT molecular complexity index is 1200. The number of carbonyl (C=O) groups is 3. The van der Waals surface area contributed by atoms with E-state index in [0.717, 1.165) is 109 Å². The second-order valence-electron chi connectivity index (χ2n) is 18.8. The van der Waals surface area contributed by atoms with Crippen LogP contribution in [0.2, 0.25) is 0 Å². The van der Waals surface area contributed by atoms with E-state index in [-0.39, 0.29) is 31.1 Å². The van der Waals surface area contributed by atoms with Crippen LogP contribution >= 0.6 is 0 Å². The van der Waals surface area contributed by atoms with Crippen molar-refractivity contribution in [1.29, 1.82) is 0 Å². The van der Waals surface area contributed by atoms with Crippen LogP contribution in [0.3, 0.4) is 0 Å². The van der Waals surface area contributed by atoms with Gasteiger partial charge in [0.25, 0.3) is 0 Å². The Morgan fingerprint density at radius 1 is 0.318 bits per heavy atom. The van der Waals surface area contributed by atoms with Crippen molar-refractivity contribution in [2.24, 2.45) is 0 Å². The minimum atomic E-state index is -0.788. The van der Waals surface area contributed by atoms with Gasteiger partial charge in [-0.1, -0.05) is 248 Å². The van der Waals surface area contributed by atoms with E-state index in [1.54, 1.807) is 0 Å². The Morgan fingerprint density at radius 2 is 0.621 bits per heavy atom. The molecule has 6 heteroatoms. The lowest BCUT2D eigenvalue weighted by Crippen LogP contribution is -2.30. The highest BCUT2D eigenvalue weighted by molar-refractivity contribution is 5.71. The quantitative estimate of drug-likeness (QED) is 0.0262. The third-order valence-corrected chi connectivity index (χ3v) is 12.2. The second kappa shape index (κ2) is 54.7. The summed E-state index contributed by atoms with van der Waals surface area (Å²) in [7, 11) is 0. The summed E-state index contributed by atoms with van der Waals surface area (Å²) in [6.07, 6.45) is 67.9. The topological polar surface area (TPSA) is 78.9 Å². The molecule has 0 aliphatic heterocycles. The van der Waals surface area contributed by atoms with Crippen molar-refractivity contribution in [3.8, 4) is 0 Å². The summed E-state index contributed by atoms with van der Waals surface area (Å²) >= 11 is 0. The first kappa shape index (κ1) is 63.1. The number of hydrogen-bond donors (Lipinski definition) is 0. The summed E-state index contributed by atoms with van der Waals surface area (Å²) in [5.41, 5.74) is 0. The van der Waals surface area contributed by atoms with Gasteiger partial charge >= 0.3 is 17.9 Å². The minimum Gasteiger partial charge on any atom is -0.462 e. The van der Waals surface area contributed by atoms with E-state index in [4.69, 9.17) is 14.2 Å². The van der Waals surface area contributed by atoms with Crippen LogP contribution in [0.4, 0.5) is 0 Å². The van der Waals surface area contributed by atoms with E-state index in [1.165, 1.54) is 135 Å². The minimum absolute atomic E-state index is 0.0846. The molecule has 66 heavy (non-hydrogen) atoms. The van der Waals surface area contributed by atoms with Crippen LogP contribution < -0.4 is 0 Å². The molecule has 0 spiro atoms. The molecule has 0 heterocycles. The average molecular weight is 924 g/mol. The van der Waals surface area contributed by atoms with Gasteiger partial charge in [-0.15, -0.1) is 0 Å². The molecule has 0 aromatic heterocycles. The van der Waals surface area contributed by atoms with E-state index in [9.17, 15) is 14.4 Å². The van der Waals surface area contributed by atoms with Gasteiger partial charge in [0.15, 0.2) is 6.10 Å². The molecule has 1 atom stereocenters. The van der Waals surface area contributed by atoms with Gasteiger partial charge in [0.1, 0.15) is 13.2 Å². The predicted octanol–water partition coefficient (Wildman–Crippen LogP) is 18.8. The molecule has 0 rings (SSSR count). The third-order valence-electron chi connectivity index (χ3n) is 12.2. The molecule has 0 amide bonds. The van der Waals surface area contributed by atoms with Gasteiger partial charge < -0.3 is 14.2 Å². The second-order valence-corrected chi connectivity index (χ2v) is 18.8. The molecule has 0 bridgehead atoms. The molecule has 0 aliphatic carbocycles. The number of allylic oxidation sites excluding steroid dienone is 10. The number of rotatable bonds is 51. The molecule has 0 saturated heterocycles. The average Bonchev–Trinajstić information content (AvgIpc) is 3.31. The van der Waals surface area contributed by atoms with Crippen molar-refractivity contribution in [2.45, 2.75) is 290 Å². The Balaban J connectivity index is 4.30.